The molecule has 256 valence electrons. The Balaban J connectivity index is 1.44. The highest BCUT2D eigenvalue weighted by Gasteiger charge is 2.21. The standard InChI is InChI=1S/C34H39N9O6/c44-24-49-30-6-4-25(5-7-30)26-16-28-20-40-10-14-41(22-33(45)46)12-8-39(9-13-42(15-11-40)23-34(47)48)19-27-2-1-3-31(37-27)32-18-35-38-43(32)21-29(17-26)36-28/h1-7,16-18,24H,8-15,19-23H2,(H,45,46)(H,47,48). The van der Waals surface area contributed by atoms with Gasteiger partial charge >= 0.3 is 11.9 Å². The van der Waals surface area contributed by atoms with Gasteiger partial charge in [-0.2, -0.15) is 0 Å². The molecule has 49 heavy (non-hydrogen) atoms. The molecule has 0 saturated carbocycles. The zero-order valence-corrected chi connectivity index (χ0v) is 27.1. The second kappa shape index (κ2) is 15.9. The lowest BCUT2D eigenvalue weighted by Gasteiger charge is -2.33. The number of carbonyl (C=O) groups is 3. The van der Waals surface area contributed by atoms with Crippen molar-refractivity contribution in [2.24, 2.45) is 0 Å². The maximum absolute atomic E-state index is 11.9. The summed E-state index contributed by atoms with van der Waals surface area (Å²) < 4.78 is 6.79. The maximum Gasteiger partial charge on any atom is 0.317 e. The van der Waals surface area contributed by atoms with Crippen molar-refractivity contribution in [2.75, 3.05) is 65.4 Å². The topological polar surface area (TPSA) is 170 Å². The van der Waals surface area contributed by atoms with Gasteiger partial charge in [0, 0.05) is 65.4 Å². The Morgan fingerprint density at radius 3 is 1.90 bits per heavy atom. The number of aromatic nitrogens is 5. The molecule has 1 saturated heterocycles. The quantitative estimate of drug-likeness (QED) is 0.271. The fraction of sp³-hybridized carbons (Fsp3) is 0.382. The molecule has 1 aromatic carbocycles. The van der Waals surface area contributed by atoms with E-state index in [1.165, 1.54) is 0 Å². The highest BCUT2D eigenvalue weighted by molar-refractivity contribution is 5.69. The summed E-state index contributed by atoms with van der Waals surface area (Å²) in [6, 6.07) is 17.0. The molecule has 0 spiro atoms. The third kappa shape index (κ3) is 9.29. The van der Waals surface area contributed by atoms with Crippen LogP contribution >= 0.6 is 0 Å². The predicted octanol–water partition coefficient (Wildman–Crippen LogP) is 1.39. The summed E-state index contributed by atoms with van der Waals surface area (Å²) in [7, 11) is 0. The lowest BCUT2D eigenvalue weighted by molar-refractivity contribution is -0.139. The lowest BCUT2D eigenvalue weighted by atomic mass is 10.0. The number of hydrogen-bond donors (Lipinski definition) is 2. The van der Waals surface area contributed by atoms with Crippen LogP contribution in [0.25, 0.3) is 22.5 Å². The van der Waals surface area contributed by atoms with Crippen LogP contribution in [-0.4, -0.2) is 139 Å². The summed E-state index contributed by atoms with van der Waals surface area (Å²) in [5.74, 6) is -1.34. The van der Waals surface area contributed by atoms with Crippen LogP contribution in [-0.2, 0) is 34.0 Å². The van der Waals surface area contributed by atoms with E-state index in [1.807, 2.05) is 52.3 Å². The van der Waals surface area contributed by atoms with Gasteiger partial charge in [0.05, 0.1) is 48.6 Å². The number of aliphatic carboxylic acids is 2. The van der Waals surface area contributed by atoms with Crippen LogP contribution in [0.3, 0.4) is 0 Å². The number of carboxylic acids is 2. The molecule has 3 aliphatic heterocycles. The van der Waals surface area contributed by atoms with E-state index in [0.29, 0.717) is 89.9 Å². The normalized spacial score (nSPS) is 19.3. The highest BCUT2D eigenvalue weighted by atomic mass is 16.5. The largest absolute Gasteiger partial charge is 0.480 e. The number of nitrogens with zero attached hydrogens (tertiary/aromatic N) is 9. The number of pyridine rings is 2. The molecular weight excluding hydrogens is 630 g/mol. The van der Waals surface area contributed by atoms with E-state index in [9.17, 15) is 24.6 Å². The van der Waals surface area contributed by atoms with Gasteiger partial charge in [-0.25, -0.2) is 9.67 Å². The summed E-state index contributed by atoms with van der Waals surface area (Å²) in [6.45, 7) is 5.89. The SMILES string of the molecule is O=COc1ccc(-c2cc3nc(c2)Cn2nncc2-c2cccc(n2)CN2CCN(CC(=O)O)CCN(CCN(CC(=O)O)CC2)C3)cc1. The second-order valence-corrected chi connectivity index (χ2v) is 12.3. The van der Waals surface area contributed by atoms with E-state index in [4.69, 9.17) is 14.7 Å². The molecular formula is C34H39N9O6. The number of rotatable bonds is 7. The number of ether oxygens (including phenoxy) is 1. The fourth-order valence-corrected chi connectivity index (χ4v) is 6.25. The summed E-state index contributed by atoms with van der Waals surface area (Å²) in [5, 5.41) is 28.1. The molecule has 3 aromatic heterocycles. The van der Waals surface area contributed by atoms with Crippen molar-refractivity contribution in [3.05, 3.63) is 77.9 Å². The van der Waals surface area contributed by atoms with Gasteiger partial charge in [0.25, 0.3) is 6.47 Å². The van der Waals surface area contributed by atoms with Crippen LogP contribution in [0, 0.1) is 0 Å². The van der Waals surface area contributed by atoms with Crippen molar-refractivity contribution >= 4 is 18.4 Å². The molecule has 0 unspecified atom stereocenters. The molecule has 0 amide bonds. The van der Waals surface area contributed by atoms with Crippen molar-refractivity contribution in [3.63, 3.8) is 0 Å². The van der Waals surface area contributed by atoms with Crippen molar-refractivity contribution < 1.29 is 29.3 Å². The minimum absolute atomic E-state index is 0.0841. The molecule has 0 radical (unpaired) electrons. The zero-order valence-electron chi connectivity index (χ0n) is 27.1. The number of carboxylic acid groups (broad SMARTS) is 2. The van der Waals surface area contributed by atoms with Crippen LogP contribution in [0.2, 0.25) is 0 Å². The number of hydrogen-bond acceptors (Lipinski definition) is 12. The Bertz CT molecular complexity index is 1730. The van der Waals surface area contributed by atoms with E-state index >= 15 is 0 Å². The van der Waals surface area contributed by atoms with Crippen LogP contribution in [0.4, 0.5) is 0 Å². The molecule has 7 rings (SSSR count). The predicted molar refractivity (Wildman–Crippen MR) is 177 cm³/mol. The van der Waals surface area contributed by atoms with E-state index in [-0.39, 0.29) is 13.1 Å². The van der Waals surface area contributed by atoms with Crippen LogP contribution in [0.5, 0.6) is 5.75 Å². The third-order valence-electron chi connectivity index (χ3n) is 8.72. The van der Waals surface area contributed by atoms with Crippen LogP contribution < -0.4 is 4.74 Å². The average molecular weight is 670 g/mol. The Kier molecular flexibility index (Phi) is 10.9. The van der Waals surface area contributed by atoms with Crippen molar-refractivity contribution in [1.29, 1.82) is 0 Å². The van der Waals surface area contributed by atoms with E-state index in [0.717, 1.165) is 33.9 Å². The lowest BCUT2D eigenvalue weighted by Crippen LogP contribution is -2.47. The van der Waals surface area contributed by atoms with Crippen LogP contribution in [0.1, 0.15) is 17.1 Å². The maximum atomic E-state index is 11.9. The second-order valence-electron chi connectivity index (χ2n) is 12.3. The van der Waals surface area contributed by atoms with Gasteiger partial charge in [-0.05, 0) is 47.5 Å². The molecule has 6 bridgehead atoms. The van der Waals surface area contributed by atoms with Gasteiger partial charge in [-0.1, -0.05) is 23.4 Å². The van der Waals surface area contributed by atoms with E-state index in [2.05, 4.69) is 20.1 Å². The first kappa shape index (κ1) is 33.8. The Morgan fingerprint density at radius 2 is 1.31 bits per heavy atom. The Morgan fingerprint density at radius 1 is 0.714 bits per heavy atom. The summed E-state index contributed by atoms with van der Waals surface area (Å²) in [4.78, 5) is 52.9. The van der Waals surface area contributed by atoms with E-state index < -0.39 is 11.9 Å². The summed E-state index contributed by atoms with van der Waals surface area (Å²) in [5.41, 5.74) is 5.61. The monoisotopic (exact) mass is 669 g/mol. The molecule has 3 aliphatic rings. The van der Waals surface area contributed by atoms with E-state index in [1.54, 1.807) is 23.0 Å². The van der Waals surface area contributed by atoms with Gasteiger partial charge in [-0.15, -0.1) is 5.10 Å². The molecule has 0 aliphatic carbocycles. The molecule has 4 aromatic rings. The minimum Gasteiger partial charge on any atom is -0.480 e. The number of fused-ring (bicyclic) bond motifs is 8. The first-order valence-electron chi connectivity index (χ1n) is 16.2. The number of benzene rings is 1. The Labute approximate surface area is 283 Å². The average Bonchev–Trinajstić information content (AvgIpc) is 3.53. The molecule has 1 fully saturated rings. The molecule has 6 heterocycles. The summed E-state index contributed by atoms with van der Waals surface area (Å²) in [6.07, 6.45) is 1.69. The van der Waals surface area contributed by atoms with Crippen molar-refractivity contribution in [1.82, 2.24) is 44.6 Å². The third-order valence-corrected chi connectivity index (χ3v) is 8.72. The smallest absolute Gasteiger partial charge is 0.317 e. The van der Waals surface area contributed by atoms with Gasteiger partial charge in [0.15, 0.2) is 0 Å². The van der Waals surface area contributed by atoms with Crippen LogP contribution in [0.15, 0.2) is 60.8 Å². The van der Waals surface area contributed by atoms with Gasteiger partial charge < -0.3 is 14.9 Å². The van der Waals surface area contributed by atoms with Crippen molar-refractivity contribution in [3.8, 4) is 28.3 Å². The Hall–Kier alpha value is -5.09. The molecule has 0 atom stereocenters. The first-order valence-corrected chi connectivity index (χ1v) is 16.2. The summed E-state index contributed by atoms with van der Waals surface area (Å²) >= 11 is 0. The van der Waals surface area contributed by atoms with Crippen molar-refractivity contribution in [2.45, 2.75) is 19.6 Å². The van der Waals surface area contributed by atoms with Gasteiger partial charge in [-0.3, -0.25) is 39.0 Å². The minimum atomic E-state index is -0.886. The molecule has 15 heteroatoms. The zero-order chi connectivity index (χ0) is 34.2. The van der Waals surface area contributed by atoms with Gasteiger partial charge in [0.1, 0.15) is 11.4 Å². The molecule has 15 nitrogen and oxygen atoms in total. The molecule has 2 N–H and O–H groups in total. The first-order chi connectivity index (χ1) is 23.8. The van der Waals surface area contributed by atoms with Gasteiger partial charge in [0.2, 0.25) is 0 Å². The highest BCUT2D eigenvalue weighted by Crippen LogP contribution is 2.26. The fourth-order valence-electron chi connectivity index (χ4n) is 6.25. The number of carbonyl (C=O) groups excluding carboxylic acids is 1.